The maximum atomic E-state index is 9.08. The average Bonchev–Trinajstić information content (AvgIpc) is 3.09. The predicted octanol–water partition coefficient (Wildman–Crippen LogP) is 3.39. The average molecular weight is 302 g/mol. The molecule has 22 heavy (non-hydrogen) atoms. The lowest BCUT2D eigenvalue weighted by Gasteiger charge is -2.35. The molecule has 1 fully saturated rings. The molecular weight excluding hydrogens is 276 g/mol. The fourth-order valence-electron chi connectivity index (χ4n) is 3.65. The molecule has 0 saturated carbocycles. The summed E-state index contributed by atoms with van der Waals surface area (Å²) >= 11 is 0. The van der Waals surface area contributed by atoms with Crippen LogP contribution in [-0.2, 0) is 6.42 Å². The molecule has 0 bridgehead atoms. The van der Waals surface area contributed by atoms with Crippen molar-refractivity contribution in [2.45, 2.75) is 51.0 Å². The lowest BCUT2D eigenvalue weighted by molar-refractivity contribution is 0.130. The third-order valence-electron chi connectivity index (χ3n) is 4.94. The van der Waals surface area contributed by atoms with Gasteiger partial charge in [0, 0.05) is 18.6 Å². The highest BCUT2D eigenvalue weighted by molar-refractivity contribution is 5.72. The summed E-state index contributed by atoms with van der Waals surface area (Å²) < 4.78 is 5.79. The molecule has 0 unspecified atom stereocenters. The van der Waals surface area contributed by atoms with Gasteiger partial charge in [-0.15, -0.1) is 0 Å². The second-order valence-corrected chi connectivity index (χ2v) is 6.59. The summed E-state index contributed by atoms with van der Waals surface area (Å²) in [6.07, 6.45) is 6.47. The normalized spacial score (nSPS) is 22.6. The van der Waals surface area contributed by atoms with E-state index in [1.807, 2.05) is 24.3 Å². The molecule has 1 N–H and O–H groups in total. The number of aryl methyl sites for hydroxylation is 1. The van der Waals surface area contributed by atoms with Gasteiger partial charge in [0.25, 0.3) is 0 Å². The molecule has 2 heterocycles. The predicted molar refractivity (Wildman–Crippen MR) is 87.9 cm³/mol. The van der Waals surface area contributed by atoms with Crippen molar-refractivity contribution in [3.63, 3.8) is 0 Å². The van der Waals surface area contributed by atoms with E-state index in [1.54, 1.807) is 0 Å². The Morgan fingerprint density at radius 2 is 2.18 bits per heavy atom. The Bertz CT molecular complexity index is 577. The molecule has 1 atom stereocenters. The standard InChI is InChI=1S/C18H26N2O2/c1-18(11-6-14-21)10-5-13-20(18)12-4-9-17-19-15-7-2-3-8-16(15)22-17/h2-3,7-8,21H,4-6,9-14H2,1H3/t18-/m0/s1. The molecule has 0 aliphatic carbocycles. The van der Waals surface area contributed by atoms with Gasteiger partial charge in [0.05, 0.1) is 0 Å². The van der Waals surface area contributed by atoms with E-state index >= 15 is 0 Å². The SMILES string of the molecule is C[C@@]1(CCCO)CCCN1CCCc1nc2ccccc2o1. The third kappa shape index (κ3) is 3.33. The highest BCUT2D eigenvalue weighted by Gasteiger charge is 2.35. The van der Waals surface area contributed by atoms with Gasteiger partial charge in [0.2, 0.25) is 0 Å². The van der Waals surface area contributed by atoms with E-state index in [9.17, 15) is 0 Å². The van der Waals surface area contributed by atoms with E-state index in [-0.39, 0.29) is 5.54 Å². The van der Waals surface area contributed by atoms with Crippen LogP contribution < -0.4 is 0 Å². The van der Waals surface area contributed by atoms with Crippen molar-refractivity contribution < 1.29 is 9.52 Å². The van der Waals surface area contributed by atoms with Gasteiger partial charge in [-0.1, -0.05) is 12.1 Å². The first kappa shape index (κ1) is 15.5. The molecule has 2 aromatic rings. The van der Waals surface area contributed by atoms with Gasteiger partial charge in [-0.25, -0.2) is 4.98 Å². The molecule has 1 aromatic heterocycles. The van der Waals surface area contributed by atoms with Crippen LogP contribution in [-0.4, -0.2) is 40.2 Å². The Morgan fingerprint density at radius 3 is 3.00 bits per heavy atom. The first-order valence-electron chi connectivity index (χ1n) is 8.42. The first-order valence-corrected chi connectivity index (χ1v) is 8.42. The number of rotatable bonds is 7. The van der Waals surface area contributed by atoms with Gasteiger partial charge < -0.3 is 9.52 Å². The Labute approximate surface area is 132 Å². The molecule has 4 heteroatoms. The van der Waals surface area contributed by atoms with E-state index < -0.39 is 0 Å². The van der Waals surface area contributed by atoms with Crippen LogP contribution in [0.5, 0.6) is 0 Å². The maximum absolute atomic E-state index is 9.08. The van der Waals surface area contributed by atoms with E-state index in [1.165, 1.54) is 19.4 Å². The number of likely N-dealkylation sites (tertiary alicyclic amines) is 1. The Balaban J connectivity index is 1.53. The van der Waals surface area contributed by atoms with E-state index in [2.05, 4.69) is 16.8 Å². The van der Waals surface area contributed by atoms with Gasteiger partial charge in [0.15, 0.2) is 11.5 Å². The number of nitrogens with zero attached hydrogens (tertiary/aromatic N) is 2. The molecule has 4 nitrogen and oxygen atoms in total. The molecule has 0 spiro atoms. The van der Waals surface area contributed by atoms with Crippen LogP contribution >= 0.6 is 0 Å². The van der Waals surface area contributed by atoms with Gasteiger partial charge in [0.1, 0.15) is 5.52 Å². The van der Waals surface area contributed by atoms with Crippen molar-refractivity contribution in [2.75, 3.05) is 19.7 Å². The zero-order valence-corrected chi connectivity index (χ0v) is 13.4. The van der Waals surface area contributed by atoms with Crippen molar-refractivity contribution in [2.24, 2.45) is 0 Å². The van der Waals surface area contributed by atoms with Crippen molar-refractivity contribution >= 4 is 11.1 Å². The minimum atomic E-state index is 0.268. The second kappa shape index (κ2) is 6.80. The molecule has 1 aliphatic heterocycles. The van der Waals surface area contributed by atoms with Crippen LogP contribution in [0, 0.1) is 0 Å². The molecule has 3 rings (SSSR count). The lowest BCUT2D eigenvalue weighted by atomic mass is 9.92. The minimum Gasteiger partial charge on any atom is -0.441 e. The van der Waals surface area contributed by atoms with Crippen molar-refractivity contribution in [3.05, 3.63) is 30.2 Å². The van der Waals surface area contributed by atoms with Crippen LogP contribution in [0.4, 0.5) is 0 Å². The first-order chi connectivity index (χ1) is 10.7. The van der Waals surface area contributed by atoms with Crippen molar-refractivity contribution in [3.8, 4) is 0 Å². The summed E-state index contributed by atoms with van der Waals surface area (Å²) in [5, 5.41) is 9.08. The minimum absolute atomic E-state index is 0.268. The summed E-state index contributed by atoms with van der Waals surface area (Å²) in [5.41, 5.74) is 2.10. The Hall–Kier alpha value is -1.39. The van der Waals surface area contributed by atoms with Crippen molar-refractivity contribution in [1.29, 1.82) is 0 Å². The number of para-hydroxylation sites is 2. The number of hydrogen-bond acceptors (Lipinski definition) is 4. The summed E-state index contributed by atoms with van der Waals surface area (Å²) in [6.45, 7) is 4.90. The monoisotopic (exact) mass is 302 g/mol. The molecule has 0 radical (unpaired) electrons. The zero-order chi connectivity index (χ0) is 15.4. The fraction of sp³-hybridized carbons (Fsp3) is 0.611. The van der Waals surface area contributed by atoms with Crippen LogP contribution in [0.15, 0.2) is 28.7 Å². The van der Waals surface area contributed by atoms with Crippen LogP contribution in [0.25, 0.3) is 11.1 Å². The smallest absolute Gasteiger partial charge is 0.195 e. The summed E-state index contributed by atoms with van der Waals surface area (Å²) in [7, 11) is 0. The van der Waals surface area contributed by atoms with E-state index in [0.29, 0.717) is 6.61 Å². The number of fused-ring (bicyclic) bond motifs is 1. The van der Waals surface area contributed by atoms with Crippen LogP contribution in [0.3, 0.4) is 0 Å². The van der Waals surface area contributed by atoms with Gasteiger partial charge in [-0.05, 0) is 64.3 Å². The molecule has 0 amide bonds. The van der Waals surface area contributed by atoms with Crippen molar-refractivity contribution in [1.82, 2.24) is 9.88 Å². The highest BCUT2D eigenvalue weighted by atomic mass is 16.3. The van der Waals surface area contributed by atoms with Gasteiger partial charge >= 0.3 is 0 Å². The fourth-order valence-corrected chi connectivity index (χ4v) is 3.65. The summed E-state index contributed by atoms with van der Waals surface area (Å²) in [4.78, 5) is 7.13. The molecule has 120 valence electrons. The topological polar surface area (TPSA) is 49.5 Å². The second-order valence-electron chi connectivity index (χ2n) is 6.59. The Morgan fingerprint density at radius 1 is 1.32 bits per heavy atom. The van der Waals surface area contributed by atoms with Gasteiger partial charge in [-0.3, -0.25) is 4.90 Å². The zero-order valence-electron chi connectivity index (χ0n) is 13.4. The molecule has 1 saturated heterocycles. The highest BCUT2D eigenvalue weighted by Crippen LogP contribution is 2.33. The van der Waals surface area contributed by atoms with Crippen LogP contribution in [0.1, 0.15) is 44.9 Å². The molecule has 1 aromatic carbocycles. The Kier molecular flexibility index (Phi) is 4.79. The molecular formula is C18H26N2O2. The van der Waals surface area contributed by atoms with E-state index in [0.717, 1.165) is 49.2 Å². The quantitative estimate of drug-likeness (QED) is 0.852. The van der Waals surface area contributed by atoms with E-state index in [4.69, 9.17) is 9.52 Å². The maximum Gasteiger partial charge on any atom is 0.195 e. The number of hydrogen-bond donors (Lipinski definition) is 1. The molecule has 1 aliphatic rings. The number of aliphatic hydroxyl groups is 1. The number of aliphatic hydroxyl groups excluding tert-OH is 1. The number of oxazole rings is 1. The van der Waals surface area contributed by atoms with Gasteiger partial charge in [-0.2, -0.15) is 0 Å². The number of benzene rings is 1. The third-order valence-corrected chi connectivity index (χ3v) is 4.94. The summed E-state index contributed by atoms with van der Waals surface area (Å²) in [6, 6.07) is 7.94. The lowest BCUT2D eigenvalue weighted by Crippen LogP contribution is -2.41. The van der Waals surface area contributed by atoms with Crippen LogP contribution in [0.2, 0.25) is 0 Å². The number of aromatic nitrogens is 1. The summed E-state index contributed by atoms with van der Waals surface area (Å²) in [5.74, 6) is 0.845. The largest absolute Gasteiger partial charge is 0.441 e.